The highest BCUT2D eigenvalue weighted by Gasteiger charge is 2.32. The van der Waals surface area contributed by atoms with Crippen LogP contribution in [0.15, 0.2) is 47.4 Å². The van der Waals surface area contributed by atoms with Crippen molar-refractivity contribution in [1.29, 1.82) is 0 Å². The fourth-order valence-electron chi connectivity index (χ4n) is 2.98. The molecule has 1 N–H and O–H groups in total. The molecule has 4 rings (SSSR count). The molecule has 23 heavy (non-hydrogen) atoms. The number of hydrogen-bond acceptors (Lipinski definition) is 5. The van der Waals surface area contributed by atoms with E-state index in [0.29, 0.717) is 13.2 Å². The Labute approximate surface area is 132 Å². The summed E-state index contributed by atoms with van der Waals surface area (Å²) in [6.07, 6.45) is 1.62. The van der Waals surface area contributed by atoms with E-state index in [1.165, 1.54) is 10.7 Å². The first-order chi connectivity index (χ1) is 11.2. The van der Waals surface area contributed by atoms with Crippen molar-refractivity contribution in [2.75, 3.05) is 18.5 Å². The SMILES string of the molecule is Cn1c(NC2COCC2n2ncccc2=O)nc2ccccc21. The highest BCUT2D eigenvalue weighted by atomic mass is 16.5. The van der Waals surface area contributed by atoms with Gasteiger partial charge in [-0.3, -0.25) is 4.79 Å². The Hall–Kier alpha value is -2.67. The lowest BCUT2D eigenvalue weighted by Crippen LogP contribution is -2.37. The van der Waals surface area contributed by atoms with Crippen LogP contribution >= 0.6 is 0 Å². The van der Waals surface area contributed by atoms with Crippen LogP contribution in [0.3, 0.4) is 0 Å². The van der Waals surface area contributed by atoms with Crippen molar-refractivity contribution in [2.24, 2.45) is 7.05 Å². The van der Waals surface area contributed by atoms with E-state index in [2.05, 4.69) is 15.4 Å². The molecule has 0 spiro atoms. The van der Waals surface area contributed by atoms with Gasteiger partial charge in [0.1, 0.15) is 6.04 Å². The average molecular weight is 311 g/mol. The average Bonchev–Trinajstić information content (AvgIpc) is 3.14. The zero-order valence-electron chi connectivity index (χ0n) is 12.7. The molecule has 1 aliphatic heterocycles. The van der Waals surface area contributed by atoms with E-state index in [1.807, 2.05) is 35.9 Å². The van der Waals surface area contributed by atoms with Gasteiger partial charge >= 0.3 is 0 Å². The molecule has 2 unspecified atom stereocenters. The second-order valence-electron chi connectivity index (χ2n) is 5.65. The number of imidazole rings is 1. The zero-order valence-corrected chi connectivity index (χ0v) is 12.7. The highest BCUT2D eigenvalue weighted by Crippen LogP contribution is 2.23. The first-order valence-corrected chi connectivity index (χ1v) is 7.53. The largest absolute Gasteiger partial charge is 0.377 e. The Kier molecular flexibility index (Phi) is 3.34. The van der Waals surface area contributed by atoms with Crippen LogP contribution in [0.25, 0.3) is 11.0 Å². The van der Waals surface area contributed by atoms with Crippen LogP contribution in [-0.4, -0.2) is 38.6 Å². The van der Waals surface area contributed by atoms with E-state index in [9.17, 15) is 4.79 Å². The van der Waals surface area contributed by atoms with Crippen molar-refractivity contribution in [3.63, 3.8) is 0 Å². The van der Waals surface area contributed by atoms with Gasteiger partial charge in [-0.15, -0.1) is 0 Å². The van der Waals surface area contributed by atoms with E-state index in [4.69, 9.17) is 4.74 Å². The quantitative estimate of drug-likeness (QED) is 0.786. The second kappa shape index (κ2) is 5.51. The number of nitrogens with zero attached hydrogens (tertiary/aromatic N) is 4. The number of para-hydroxylation sites is 2. The minimum absolute atomic E-state index is 0.0573. The minimum Gasteiger partial charge on any atom is -0.377 e. The number of aryl methyl sites for hydroxylation is 1. The number of rotatable bonds is 3. The minimum atomic E-state index is -0.150. The van der Waals surface area contributed by atoms with E-state index in [-0.39, 0.29) is 17.6 Å². The number of anilines is 1. The first-order valence-electron chi connectivity index (χ1n) is 7.53. The number of hydrogen-bond donors (Lipinski definition) is 1. The van der Waals surface area contributed by atoms with Gasteiger partial charge in [-0.25, -0.2) is 9.67 Å². The molecule has 0 radical (unpaired) electrons. The Balaban J connectivity index is 1.66. The Morgan fingerprint density at radius 3 is 2.91 bits per heavy atom. The fraction of sp³-hybridized carbons (Fsp3) is 0.312. The van der Waals surface area contributed by atoms with Crippen LogP contribution in [0, 0.1) is 0 Å². The van der Waals surface area contributed by atoms with Gasteiger partial charge in [-0.1, -0.05) is 12.1 Å². The maximum Gasteiger partial charge on any atom is 0.267 e. The van der Waals surface area contributed by atoms with Crippen LogP contribution < -0.4 is 10.9 Å². The summed E-state index contributed by atoms with van der Waals surface area (Å²) < 4.78 is 9.05. The molecule has 1 saturated heterocycles. The molecule has 0 saturated carbocycles. The molecule has 2 atom stereocenters. The molecule has 0 aliphatic carbocycles. The van der Waals surface area contributed by atoms with Crippen LogP contribution in [0.4, 0.5) is 5.95 Å². The van der Waals surface area contributed by atoms with Gasteiger partial charge in [-0.05, 0) is 18.2 Å². The number of benzene rings is 1. The van der Waals surface area contributed by atoms with Gasteiger partial charge in [0.05, 0.1) is 30.3 Å². The molecule has 118 valence electrons. The highest BCUT2D eigenvalue weighted by molar-refractivity contribution is 5.78. The van der Waals surface area contributed by atoms with Crippen molar-refractivity contribution >= 4 is 17.0 Å². The summed E-state index contributed by atoms with van der Waals surface area (Å²) in [5, 5.41) is 7.58. The summed E-state index contributed by atoms with van der Waals surface area (Å²) in [7, 11) is 1.97. The summed E-state index contributed by atoms with van der Waals surface area (Å²) in [5.74, 6) is 0.760. The molecule has 1 aliphatic rings. The Morgan fingerprint density at radius 1 is 1.22 bits per heavy atom. The fourth-order valence-corrected chi connectivity index (χ4v) is 2.98. The van der Waals surface area contributed by atoms with Gasteiger partial charge in [0.15, 0.2) is 0 Å². The standard InChI is InChI=1S/C16H17N5O2/c1-20-13-6-3-2-5-11(13)18-16(20)19-12-9-23-10-14(12)21-15(22)7-4-8-17-21/h2-8,12,14H,9-10H2,1H3,(H,18,19). The summed E-state index contributed by atoms with van der Waals surface area (Å²) in [6, 6.07) is 10.9. The molecule has 0 amide bonds. The normalized spacial score (nSPS) is 20.9. The maximum atomic E-state index is 12.0. The molecule has 1 aromatic carbocycles. The van der Waals surface area contributed by atoms with Gasteiger partial charge in [0.2, 0.25) is 5.95 Å². The third-order valence-electron chi connectivity index (χ3n) is 4.21. The van der Waals surface area contributed by atoms with Gasteiger partial charge in [-0.2, -0.15) is 5.10 Å². The smallest absolute Gasteiger partial charge is 0.267 e. The van der Waals surface area contributed by atoms with E-state index >= 15 is 0 Å². The summed E-state index contributed by atoms with van der Waals surface area (Å²) in [5.41, 5.74) is 1.86. The topological polar surface area (TPSA) is 74.0 Å². The van der Waals surface area contributed by atoms with Gasteiger partial charge in [0, 0.05) is 19.3 Å². The van der Waals surface area contributed by atoms with Crippen LogP contribution in [0.5, 0.6) is 0 Å². The van der Waals surface area contributed by atoms with Crippen LogP contribution in [-0.2, 0) is 11.8 Å². The summed E-state index contributed by atoms with van der Waals surface area (Å²) in [6.45, 7) is 0.968. The first kappa shape index (κ1) is 14.0. The predicted octanol–water partition coefficient (Wildman–Crippen LogP) is 1.18. The molecule has 2 aromatic heterocycles. The van der Waals surface area contributed by atoms with Crippen molar-refractivity contribution in [3.05, 3.63) is 52.9 Å². The van der Waals surface area contributed by atoms with Crippen molar-refractivity contribution in [2.45, 2.75) is 12.1 Å². The predicted molar refractivity (Wildman–Crippen MR) is 86.5 cm³/mol. The number of fused-ring (bicyclic) bond motifs is 1. The van der Waals surface area contributed by atoms with Crippen molar-refractivity contribution in [1.82, 2.24) is 19.3 Å². The lowest BCUT2D eigenvalue weighted by Gasteiger charge is -2.20. The van der Waals surface area contributed by atoms with Crippen LogP contribution in [0.1, 0.15) is 6.04 Å². The lowest BCUT2D eigenvalue weighted by molar-refractivity contribution is 0.182. The molecule has 3 heterocycles. The molecular weight excluding hydrogens is 294 g/mol. The zero-order chi connectivity index (χ0) is 15.8. The molecule has 7 nitrogen and oxygen atoms in total. The van der Waals surface area contributed by atoms with Gasteiger partial charge < -0.3 is 14.6 Å². The maximum absolute atomic E-state index is 12.0. The number of nitrogens with one attached hydrogen (secondary N) is 1. The molecule has 3 aromatic rings. The molecular formula is C16H17N5O2. The summed E-state index contributed by atoms with van der Waals surface area (Å²) in [4.78, 5) is 16.6. The van der Waals surface area contributed by atoms with Crippen molar-refractivity contribution in [3.8, 4) is 0 Å². The third-order valence-corrected chi connectivity index (χ3v) is 4.21. The monoisotopic (exact) mass is 311 g/mol. The third kappa shape index (κ3) is 2.39. The summed E-state index contributed by atoms with van der Waals surface area (Å²) >= 11 is 0. The number of aromatic nitrogens is 4. The molecule has 0 bridgehead atoms. The van der Waals surface area contributed by atoms with E-state index in [1.54, 1.807) is 12.3 Å². The van der Waals surface area contributed by atoms with E-state index < -0.39 is 0 Å². The Morgan fingerprint density at radius 2 is 2.09 bits per heavy atom. The van der Waals surface area contributed by atoms with E-state index in [0.717, 1.165) is 17.0 Å². The number of ether oxygens (including phenoxy) is 1. The van der Waals surface area contributed by atoms with Crippen LogP contribution in [0.2, 0.25) is 0 Å². The van der Waals surface area contributed by atoms with Crippen molar-refractivity contribution < 1.29 is 4.74 Å². The van der Waals surface area contributed by atoms with Gasteiger partial charge in [0.25, 0.3) is 5.56 Å². The Bertz CT molecular complexity index is 901. The molecule has 7 heteroatoms. The second-order valence-corrected chi connectivity index (χ2v) is 5.65. The molecule has 1 fully saturated rings. The lowest BCUT2D eigenvalue weighted by atomic mass is 10.2.